The van der Waals surface area contributed by atoms with Crippen molar-refractivity contribution < 1.29 is 19.8 Å². The molecule has 1 aromatic rings. The Hall–Kier alpha value is -3.14. The minimum absolute atomic E-state index is 0.161. The molecule has 0 saturated carbocycles. The maximum Gasteiger partial charge on any atom is 0.335 e. The molecule has 164 valence electrons. The molecule has 1 aliphatic carbocycles. The van der Waals surface area contributed by atoms with Crippen LogP contribution in [0.15, 0.2) is 76.9 Å². The Morgan fingerprint density at radius 1 is 1.06 bits per heavy atom. The Bertz CT molecular complexity index is 1010. The Labute approximate surface area is 185 Å². The highest BCUT2D eigenvalue weighted by Crippen LogP contribution is 2.40. The van der Waals surface area contributed by atoms with Gasteiger partial charge in [-0.1, -0.05) is 61.4 Å². The zero-order valence-electron chi connectivity index (χ0n) is 19.0. The third-order valence-electron chi connectivity index (χ3n) is 5.75. The molecule has 2 rings (SSSR count). The number of allylic oxidation sites excluding steroid dienone is 9. The van der Waals surface area contributed by atoms with Crippen LogP contribution in [0.4, 0.5) is 0 Å². The van der Waals surface area contributed by atoms with Crippen molar-refractivity contribution in [2.45, 2.75) is 53.9 Å². The molecule has 1 aliphatic rings. The summed E-state index contributed by atoms with van der Waals surface area (Å²) in [6.07, 6.45) is 12.7. The smallest absolute Gasteiger partial charge is 0.335 e. The van der Waals surface area contributed by atoms with Gasteiger partial charge in [-0.3, -0.25) is 0 Å². The van der Waals surface area contributed by atoms with Gasteiger partial charge in [0.05, 0.1) is 5.56 Å². The first-order valence-corrected chi connectivity index (χ1v) is 10.5. The van der Waals surface area contributed by atoms with Gasteiger partial charge in [0.25, 0.3) is 0 Å². The molecule has 0 heterocycles. The second-order valence-corrected chi connectivity index (χ2v) is 8.81. The zero-order chi connectivity index (χ0) is 23.2. The minimum Gasteiger partial charge on any atom is -0.478 e. The van der Waals surface area contributed by atoms with E-state index in [0.717, 1.165) is 18.1 Å². The lowest BCUT2D eigenvalue weighted by Crippen LogP contribution is -2.19. The SMILES string of the molecule is CC1=C(/C=C/C(C)=C/C=C(/C(C)=C\C(=O)O)c2cccc(C(=O)O)c2)C(C)(C)CCC1. The zero-order valence-corrected chi connectivity index (χ0v) is 19.0. The Morgan fingerprint density at radius 3 is 2.35 bits per heavy atom. The molecular formula is C27H32O4. The first kappa shape index (κ1) is 24.1. The summed E-state index contributed by atoms with van der Waals surface area (Å²) < 4.78 is 0. The van der Waals surface area contributed by atoms with Crippen LogP contribution in [0.1, 0.15) is 69.8 Å². The molecule has 0 radical (unpaired) electrons. The van der Waals surface area contributed by atoms with Gasteiger partial charge in [0.15, 0.2) is 0 Å². The topological polar surface area (TPSA) is 74.6 Å². The first-order chi connectivity index (χ1) is 14.5. The largest absolute Gasteiger partial charge is 0.478 e. The van der Waals surface area contributed by atoms with Gasteiger partial charge in [0, 0.05) is 6.08 Å². The summed E-state index contributed by atoms with van der Waals surface area (Å²) in [7, 11) is 0. The monoisotopic (exact) mass is 420 g/mol. The van der Waals surface area contributed by atoms with E-state index < -0.39 is 11.9 Å². The average molecular weight is 421 g/mol. The number of carboxylic acid groups (broad SMARTS) is 2. The van der Waals surface area contributed by atoms with E-state index in [1.54, 1.807) is 25.1 Å². The van der Waals surface area contributed by atoms with Crippen LogP contribution in [-0.2, 0) is 4.79 Å². The maximum absolute atomic E-state index is 11.4. The van der Waals surface area contributed by atoms with Gasteiger partial charge in [-0.15, -0.1) is 0 Å². The molecule has 4 heteroatoms. The van der Waals surface area contributed by atoms with Gasteiger partial charge in [0.1, 0.15) is 0 Å². The second-order valence-electron chi connectivity index (χ2n) is 8.81. The summed E-state index contributed by atoms with van der Waals surface area (Å²) >= 11 is 0. The standard InChI is InChI=1S/C27H32O4/c1-18(12-14-24-19(2)8-7-15-27(24,4)5)11-13-23(20(3)16-25(28)29)21-9-6-10-22(17-21)26(30)31/h6,9-14,16-17H,7-8,15H2,1-5H3,(H,28,29)(H,30,31)/b14-12+,18-11+,20-16-,23-13-. The molecule has 0 unspecified atom stereocenters. The fourth-order valence-corrected chi connectivity index (χ4v) is 4.03. The predicted octanol–water partition coefficient (Wildman–Crippen LogP) is 6.83. The summed E-state index contributed by atoms with van der Waals surface area (Å²) in [6.45, 7) is 10.5. The van der Waals surface area contributed by atoms with Crippen LogP contribution in [0, 0.1) is 5.41 Å². The van der Waals surface area contributed by atoms with E-state index in [1.807, 2.05) is 19.1 Å². The molecule has 0 aliphatic heterocycles. The fraction of sp³-hybridized carbons (Fsp3) is 0.333. The van der Waals surface area contributed by atoms with Gasteiger partial charge in [-0.2, -0.15) is 0 Å². The van der Waals surface area contributed by atoms with Gasteiger partial charge in [-0.25, -0.2) is 9.59 Å². The summed E-state index contributed by atoms with van der Waals surface area (Å²) in [6, 6.07) is 6.53. The number of hydrogen-bond acceptors (Lipinski definition) is 2. The van der Waals surface area contributed by atoms with Gasteiger partial charge >= 0.3 is 11.9 Å². The molecule has 0 atom stereocenters. The van der Waals surface area contributed by atoms with Crippen molar-refractivity contribution in [2.75, 3.05) is 0 Å². The Morgan fingerprint density at radius 2 is 1.74 bits per heavy atom. The number of carboxylic acids is 2. The van der Waals surface area contributed by atoms with Crippen LogP contribution >= 0.6 is 0 Å². The molecule has 31 heavy (non-hydrogen) atoms. The van der Waals surface area contributed by atoms with Crippen LogP contribution in [0.5, 0.6) is 0 Å². The van der Waals surface area contributed by atoms with E-state index in [-0.39, 0.29) is 11.0 Å². The van der Waals surface area contributed by atoms with E-state index in [0.29, 0.717) is 16.7 Å². The van der Waals surface area contributed by atoms with Crippen LogP contribution in [0.2, 0.25) is 0 Å². The van der Waals surface area contributed by atoms with Crippen LogP contribution in [0.25, 0.3) is 5.57 Å². The molecule has 4 nitrogen and oxygen atoms in total. The molecule has 0 bridgehead atoms. The van der Waals surface area contributed by atoms with Crippen LogP contribution < -0.4 is 0 Å². The highest BCUT2D eigenvalue weighted by atomic mass is 16.4. The van der Waals surface area contributed by atoms with Crippen molar-refractivity contribution in [3.05, 3.63) is 88.1 Å². The summed E-state index contributed by atoms with van der Waals surface area (Å²) in [4.78, 5) is 22.5. The van der Waals surface area contributed by atoms with Gasteiger partial charge in [0.2, 0.25) is 0 Å². The van der Waals surface area contributed by atoms with E-state index in [1.165, 1.54) is 30.1 Å². The normalized spacial score (nSPS) is 17.9. The van der Waals surface area contributed by atoms with Crippen LogP contribution in [-0.4, -0.2) is 22.2 Å². The predicted molar refractivity (Wildman–Crippen MR) is 126 cm³/mol. The number of carbonyl (C=O) groups is 2. The van der Waals surface area contributed by atoms with Crippen LogP contribution in [0.3, 0.4) is 0 Å². The van der Waals surface area contributed by atoms with Crippen molar-refractivity contribution >= 4 is 17.5 Å². The molecule has 1 aromatic carbocycles. The number of aromatic carboxylic acids is 1. The quantitative estimate of drug-likeness (QED) is 0.374. The highest BCUT2D eigenvalue weighted by Gasteiger charge is 2.26. The summed E-state index contributed by atoms with van der Waals surface area (Å²) in [5.74, 6) is -2.06. The maximum atomic E-state index is 11.4. The van der Waals surface area contributed by atoms with E-state index in [2.05, 4.69) is 32.9 Å². The lowest BCUT2D eigenvalue weighted by Gasteiger charge is -2.32. The molecule has 0 saturated heterocycles. The minimum atomic E-state index is -1.04. The number of aliphatic carboxylic acids is 1. The van der Waals surface area contributed by atoms with Crippen molar-refractivity contribution in [3.8, 4) is 0 Å². The van der Waals surface area contributed by atoms with E-state index in [4.69, 9.17) is 0 Å². The lowest BCUT2D eigenvalue weighted by molar-refractivity contribution is -0.131. The van der Waals surface area contributed by atoms with Crippen molar-refractivity contribution in [3.63, 3.8) is 0 Å². The van der Waals surface area contributed by atoms with Crippen molar-refractivity contribution in [2.24, 2.45) is 5.41 Å². The second kappa shape index (κ2) is 10.3. The number of benzene rings is 1. The molecule has 0 aromatic heterocycles. The van der Waals surface area contributed by atoms with Gasteiger partial charge < -0.3 is 10.2 Å². The Kier molecular flexibility index (Phi) is 7.98. The Balaban J connectivity index is 2.43. The molecular weight excluding hydrogens is 388 g/mol. The highest BCUT2D eigenvalue weighted by molar-refractivity contribution is 5.92. The summed E-state index contributed by atoms with van der Waals surface area (Å²) in [5.41, 5.74) is 6.05. The third-order valence-corrected chi connectivity index (χ3v) is 5.75. The molecule has 0 amide bonds. The van der Waals surface area contributed by atoms with Crippen molar-refractivity contribution in [1.29, 1.82) is 0 Å². The summed E-state index contributed by atoms with van der Waals surface area (Å²) in [5, 5.41) is 18.5. The van der Waals surface area contributed by atoms with Gasteiger partial charge in [-0.05, 0) is 79.9 Å². The average Bonchev–Trinajstić information content (AvgIpc) is 2.67. The lowest BCUT2D eigenvalue weighted by atomic mass is 9.72. The first-order valence-electron chi connectivity index (χ1n) is 10.5. The molecule has 0 fully saturated rings. The van der Waals surface area contributed by atoms with Crippen molar-refractivity contribution in [1.82, 2.24) is 0 Å². The molecule has 2 N–H and O–H groups in total. The van der Waals surface area contributed by atoms with E-state index >= 15 is 0 Å². The third kappa shape index (κ3) is 6.68. The van der Waals surface area contributed by atoms with E-state index in [9.17, 15) is 19.8 Å². The number of rotatable bonds is 7. The molecule has 0 spiro atoms. The fourth-order valence-electron chi connectivity index (χ4n) is 4.03. The number of hydrogen-bond donors (Lipinski definition) is 2.